The molecule has 25 heavy (non-hydrogen) atoms. The summed E-state index contributed by atoms with van der Waals surface area (Å²) in [7, 11) is 0. The van der Waals surface area contributed by atoms with Crippen molar-refractivity contribution in [3.8, 4) is 5.75 Å². The van der Waals surface area contributed by atoms with Gasteiger partial charge in [0.2, 0.25) is 0 Å². The highest BCUT2D eigenvalue weighted by atomic mass is 16.5. The lowest BCUT2D eigenvalue weighted by molar-refractivity contribution is -0.136. The van der Waals surface area contributed by atoms with Gasteiger partial charge in [0.25, 0.3) is 5.91 Å². The minimum Gasteiger partial charge on any atom is -0.492 e. The molecular weight excluding hydrogens is 316 g/mol. The molecule has 1 aliphatic rings. The van der Waals surface area contributed by atoms with E-state index in [4.69, 9.17) is 9.47 Å². The highest BCUT2D eigenvalue weighted by molar-refractivity contribution is 5.96. The summed E-state index contributed by atoms with van der Waals surface area (Å²) >= 11 is 0. The second-order valence-corrected chi connectivity index (χ2v) is 7.32. The normalized spacial score (nSPS) is 18.8. The largest absolute Gasteiger partial charge is 0.492 e. The summed E-state index contributed by atoms with van der Waals surface area (Å²) in [5.74, 6) is 1.46. The molecule has 2 rings (SSSR count). The van der Waals surface area contributed by atoms with Gasteiger partial charge in [0.1, 0.15) is 18.0 Å². The molecule has 1 aromatic rings. The smallest absolute Gasteiger partial charge is 0.256 e. The van der Waals surface area contributed by atoms with Gasteiger partial charge in [-0.05, 0) is 70.3 Å². The van der Waals surface area contributed by atoms with E-state index in [9.17, 15) is 4.79 Å². The minimum absolute atomic E-state index is 0.151. The molecule has 1 saturated heterocycles. The Balaban J connectivity index is 1.76. The number of ether oxygens (including phenoxy) is 2. The standard InChI is InChI=1S/C20H32N2O3/c1-5-25-20(3,4)19(23)21-17-8-10-18(11-9-17)24-14-13-22-12-6-7-16(2)15-22/h8-11,16H,5-7,12-15H2,1-4H3,(H,21,23)/t16-/m0/s1. The number of hydrogen-bond acceptors (Lipinski definition) is 4. The van der Waals surface area contributed by atoms with Crippen LogP contribution in [0.5, 0.6) is 5.75 Å². The van der Waals surface area contributed by atoms with Gasteiger partial charge >= 0.3 is 0 Å². The predicted molar refractivity (Wildman–Crippen MR) is 101 cm³/mol. The number of rotatable bonds is 8. The molecular formula is C20H32N2O3. The van der Waals surface area contributed by atoms with Crippen molar-refractivity contribution in [2.75, 3.05) is 38.2 Å². The van der Waals surface area contributed by atoms with Crippen molar-refractivity contribution in [1.82, 2.24) is 4.90 Å². The van der Waals surface area contributed by atoms with Crippen LogP contribution in [0.3, 0.4) is 0 Å². The summed E-state index contributed by atoms with van der Waals surface area (Å²) in [4.78, 5) is 14.7. The molecule has 1 fully saturated rings. The second-order valence-electron chi connectivity index (χ2n) is 7.32. The van der Waals surface area contributed by atoms with Crippen molar-refractivity contribution >= 4 is 11.6 Å². The number of likely N-dealkylation sites (tertiary alicyclic amines) is 1. The molecule has 0 bridgehead atoms. The second kappa shape index (κ2) is 9.20. The van der Waals surface area contributed by atoms with Crippen LogP contribution in [-0.2, 0) is 9.53 Å². The van der Waals surface area contributed by atoms with Gasteiger partial charge in [-0.15, -0.1) is 0 Å². The van der Waals surface area contributed by atoms with Crippen molar-refractivity contribution < 1.29 is 14.3 Å². The van der Waals surface area contributed by atoms with Gasteiger partial charge in [0, 0.05) is 25.4 Å². The first-order valence-corrected chi connectivity index (χ1v) is 9.31. The maximum atomic E-state index is 12.2. The summed E-state index contributed by atoms with van der Waals surface area (Å²) in [6, 6.07) is 7.50. The number of amides is 1. The molecule has 140 valence electrons. The lowest BCUT2D eigenvalue weighted by Crippen LogP contribution is -2.39. The topological polar surface area (TPSA) is 50.8 Å². The quantitative estimate of drug-likeness (QED) is 0.780. The summed E-state index contributed by atoms with van der Waals surface area (Å²) < 4.78 is 11.3. The first-order valence-electron chi connectivity index (χ1n) is 9.31. The molecule has 0 unspecified atom stereocenters. The Labute approximate surface area is 151 Å². The number of nitrogens with one attached hydrogen (secondary N) is 1. The number of hydrogen-bond donors (Lipinski definition) is 1. The van der Waals surface area contributed by atoms with Gasteiger partial charge in [0.15, 0.2) is 0 Å². The van der Waals surface area contributed by atoms with E-state index in [0.29, 0.717) is 13.2 Å². The number of piperidine rings is 1. The number of nitrogens with zero attached hydrogens (tertiary/aromatic N) is 1. The Morgan fingerprint density at radius 2 is 2.04 bits per heavy atom. The van der Waals surface area contributed by atoms with Crippen molar-refractivity contribution in [3.63, 3.8) is 0 Å². The van der Waals surface area contributed by atoms with Gasteiger partial charge in [0.05, 0.1) is 0 Å². The van der Waals surface area contributed by atoms with E-state index in [2.05, 4.69) is 17.1 Å². The Bertz CT molecular complexity index is 542. The van der Waals surface area contributed by atoms with Gasteiger partial charge in [-0.3, -0.25) is 9.69 Å². The van der Waals surface area contributed by atoms with E-state index in [0.717, 1.165) is 23.9 Å². The predicted octanol–water partition coefficient (Wildman–Crippen LogP) is 3.55. The SMILES string of the molecule is CCOC(C)(C)C(=O)Nc1ccc(OCCN2CCC[C@H](C)C2)cc1. The van der Waals surface area contributed by atoms with Crippen LogP contribution < -0.4 is 10.1 Å². The van der Waals surface area contributed by atoms with E-state index in [1.165, 1.54) is 25.9 Å². The molecule has 1 atom stereocenters. The lowest BCUT2D eigenvalue weighted by Gasteiger charge is -2.30. The van der Waals surface area contributed by atoms with Crippen LogP contribution in [0.1, 0.15) is 40.5 Å². The van der Waals surface area contributed by atoms with Crippen LogP contribution in [0.15, 0.2) is 24.3 Å². The van der Waals surface area contributed by atoms with Crippen LogP contribution in [-0.4, -0.2) is 49.3 Å². The Kier molecular flexibility index (Phi) is 7.26. The Morgan fingerprint density at radius 3 is 2.68 bits per heavy atom. The lowest BCUT2D eigenvalue weighted by atomic mass is 10.0. The van der Waals surface area contributed by atoms with Gasteiger partial charge in [-0.1, -0.05) is 6.92 Å². The molecule has 1 amide bonds. The van der Waals surface area contributed by atoms with Crippen molar-refractivity contribution in [3.05, 3.63) is 24.3 Å². The molecule has 0 radical (unpaired) electrons. The van der Waals surface area contributed by atoms with E-state index in [1.54, 1.807) is 13.8 Å². The molecule has 5 heteroatoms. The third-order valence-corrected chi connectivity index (χ3v) is 4.58. The Morgan fingerprint density at radius 1 is 1.32 bits per heavy atom. The maximum Gasteiger partial charge on any atom is 0.256 e. The fourth-order valence-corrected chi connectivity index (χ4v) is 3.12. The summed E-state index contributed by atoms with van der Waals surface area (Å²) in [6.45, 7) is 12.2. The zero-order chi connectivity index (χ0) is 18.3. The van der Waals surface area contributed by atoms with E-state index < -0.39 is 5.60 Å². The zero-order valence-electron chi connectivity index (χ0n) is 16.0. The van der Waals surface area contributed by atoms with Crippen molar-refractivity contribution in [2.24, 2.45) is 5.92 Å². The Hall–Kier alpha value is -1.59. The number of carbonyl (C=O) groups is 1. The fourth-order valence-electron chi connectivity index (χ4n) is 3.12. The molecule has 0 saturated carbocycles. The van der Waals surface area contributed by atoms with Crippen molar-refractivity contribution in [1.29, 1.82) is 0 Å². The third-order valence-electron chi connectivity index (χ3n) is 4.58. The highest BCUT2D eigenvalue weighted by Crippen LogP contribution is 2.19. The molecule has 1 aliphatic heterocycles. The highest BCUT2D eigenvalue weighted by Gasteiger charge is 2.27. The first-order chi connectivity index (χ1) is 11.9. The fraction of sp³-hybridized carbons (Fsp3) is 0.650. The molecule has 1 aromatic carbocycles. The summed E-state index contributed by atoms with van der Waals surface area (Å²) in [5, 5.41) is 2.88. The molecule has 0 aliphatic carbocycles. The number of anilines is 1. The van der Waals surface area contributed by atoms with Gasteiger partial charge in [-0.25, -0.2) is 0 Å². The van der Waals surface area contributed by atoms with Crippen LogP contribution >= 0.6 is 0 Å². The number of benzene rings is 1. The monoisotopic (exact) mass is 348 g/mol. The van der Waals surface area contributed by atoms with Crippen LogP contribution in [0.25, 0.3) is 0 Å². The van der Waals surface area contributed by atoms with Crippen LogP contribution in [0.2, 0.25) is 0 Å². The van der Waals surface area contributed by atoms with E-state index in [-0.39, 0.29) is 5.91 Å². The maximum absolute atomic E-state index is 12.2. The van der Waals surface area contributed by atoms with Gasteiger partial charge < -0.3 is 14.8 Å². The average molecular weight is 348 g/mol. The molecule has 5 nitrogen and oxygen atoms in total. The molecule has 0 spiro atoms. The molecule has 1 heterocycles. The summed E-state index contributed by atoms with van der Waals surface area (Å²) in [6.07, 6.45) is 2.62. The first kappa shape index (κ1) is 19.7. The molecule has 0 aromatic heterocycles. The van der Waals surface area contributed by atoms with Gasteiger partial charge in [-0.2, -0.15) is 0 Å². The van der Waals surface area contributed by atoms with E-state index >= 15 is 0 Å². The minimum atomic E-state index is -0.838. The average Bonchev–Trinajstić information content (AvgIpc) is 2.56. The third kappa shape index (κ3) is 6.33. The van der Waals surface area contributed by atoms with Crippen LogP contribution in [0.4, 0.5) is 5.69 Å². The molecule has 1 N–H and O–H groups in total. The van der Waals surface area contributed by atoms with Crippen molar-refractivity contribution in [2.45, 2.75) is 46.1 Å². The number of carbonyl (C=O) groups excluding carboxylic acids is 1. The zero-order valence-corrected chi connectivity index (χ0v) is 16.0. The summed E-state index contributed by atoms with van der Waals surface area (Å²) in [5.41, 5.74) is -0.0924. The van der Waals surface area contributed by atoms with E-state index in [1.807, 2.05) is 31.2 Å². The van der Waals surface area contributed by atoms with Crippen LogP contribution in [0, 0.1) is 5.92 Å².